The third kappa shape index (κ3) is 2.25. The lowest BCUT2D eigenvalue weighted by atomic mass is 9.96. The maximum absolute atomic E-state index is 9.36. The van der Waals surface area contributed by atoms with Crippen LogP contribution in [0.4, 0.5) is 0 Å². The number of aryl methyl sites for hydroxylation is 2. The van der Waals surface area contributed by atoms with E-state index in [-0.39, 0.29) is 11.8 Å². The SMILES string of the molecule is COCC(N)c1c(C)cc(O)cc1C. The van der Waals surface area contributed by atoms with Crippen LogP contribution in [-0.2, 0) is 4.74 Å². The average molecular weight is 195 g/mol. The second kappa shape index (κ2) is 4.44. The van der Waals surface area contributed by atoms with Gasteiger partial charge in [-0.2, -0.15) is 0 Å². The van der Waals surface area contributed by atoms with Crippen molar-refractivity contribution in [1.29, 1.82) is 0 Å². The van der Waals surface area contributed by atoms with Crippen LogP contribution in [0.1, 0.15) is 22.7 Å². The Morgan fingerprint density at radius 1 is 1.36 bits per heavy atom. The lowest BCUT2D eigenvalue weighted by Gasteiger charge is -2.17. The number of hydrogen-bond acceptors (Lipinski definition) is 3. The summed E-state index contributed by atoms with van der Waals surface area (Å²) in [4.78, 5) is 0. The molecule has 1 atom stereocenters. The average Bonchev–Trinajstić information content (AvgIpc) is 2.01. The van der Waals surface area contributed by atoms with Gasteiger partial charge in [-0.25, -0.2) is 0 Å². The van der Waals surface area contributed by atoms with Gasteiger partial charge in [0.05, 0.1) is 12.6 Å². The molecule has 0 heterocycles. The summed E-state index contributed by atoms with van der Waals surface area (Å²) in [6.45, 7) is 4.38. The van der Waals surface area contributed by atoms with Crippen molar-refractivity contribution in [2.75, 3.05) is 13.7 Å². The summed E-state index contributed by atoms with van der Waals surface area (Å²) >= 11 is 0. The zero-order valence-corrected chi connectivity index (χ0v) is 8.87. The minimum absolute atomic E-state index is 0.124. The first-order valence-corrected chi connectivity index (χ1v) is 4.61. The van der Waals surface area contributed by atoms with Crippen LogP contribution in [0, 0.1) is 13.8 Å². The van der Waals surface area contributed by atoms with E-state index in [1.807, 2.05) is 13.8 Å². The minimum atomic E-state index is -0.124. The van der Waals surface area contributed by atoms with Crippen LogP contribution < -0.4 is 5.73 Å². The predicted molar refractivity (Wildman–Crippen MR) is 56.4 cm³/mol. The molecule has 3 nitrogen and oxygen atoms in total. The van der Waals surface area contributed by atoms with Gasteiger partial charge in [-0.15, -0.1) is 0 Å². The van der Waals surface area contributed by atoms with Crippen LogP contribution in [0.25, 0.3) is 0 Å². The standard InChI is InChI=1S/C11H17NO2/c1-7-4-9(13)5-8(2)11(7)10(12)6-14-3/h4-5,10,13H,6,12H2,1-3H3. The number of phenols is 1. The Hall–Kier alpha value is -1.06. The highest BCUT2D eigenvalue weighted by atomic mass is 16.5. The van der Waals surface area contributed by atoms with E-state index in [2.05, 4.69) is 0 Å². The number of nitrogens with two attached hydrogens (primary N) is 1. The van der Waals surface area contributed by atoms with Crippen molar-refractivity contribution < 1.29 is 9.84 Å². The van der Waals surface area contributed by atoms with Gasteiger partial charge in [0, 0.05) is 7.11 Å². The molecule has 1 unspecified atom stereocenters. The van der Waals surface area contributed by atoms with Gasteiger partial charge in [-0.05, 0) is 42.7 Å². The van der Waals surface area contributed by atoms with Crippen molar-refractivity contribution in [3.63, 3.8) is 0 Å². The molecule has 0 spiro atoms. The Morgan fingerprint density at radius 2 is 1.86 bits per heavy atom. The first kappa shape index (κ1) is 11.0. The number of aromatic hydroxyl groups is 1. The third-order valence-electron chi connectivity index (χ3n) is 2.30. The quantitative estimate of drug-likeness (QED) is 0.771. The van der Waals surface area contributed by atoms with E-state index in [4.69, 9.17) is 10.5 Å². The van der Waals surface area contributed by atoms with E-state index < -0.39 is 0 Å². The molecule has 3 N–H and O–H groups in total. The van der Waals surface area contributed by atoms with Crippen molar-refractivity contribution in [3.8, 4) is 5.75 Å². The first-order valence-electron chi connectivity index (χ1n) is 4.61. The van der Waals surface area contributed by atoms with Crippen molar-refractivity contribution in [2.24, 2.45) is 5.73 Å². The fourth-order valence-electron chi connectivity index (χ4n) is 1.80. The molecule has 0 saturated heterocycles. The van der Waals surface area contributed by atoms with Crippen LogP contribution in [0.3, 0.4) is 0 Å². The Balaban J connectivity index is 3.07. The van der Waals surface area contributed by atoms with Crippen molar-refractivity contribution >= 4 is 0 Å². The molecule has 0 radical (unpaired) electrons. The summed E-state index contributed by atoms with van der Waals surface area (Å²) < 4.78 is 5.01. The molecular formula is C11H17NO2. The number of methoxy groups -OCH3 is 1. The molecule has 0 aliphatic carbocycles. The smallest absolute Gasteiger partial charge is 0.116 e. The van der Waals surface area contributed by atoms with Gasteiger partial charge in [0.25, 0.3) is 0 Å². The Labute approximate surface area is 84.5 Å². The molecule has 0 aliphatic heterocycles. The largest absolute Gasteiger partial charge is 0.508 e. The molecule has 1 aromatic carbocycles. The van der Waals surface area contributed by atoms with E-state index in [0.717, 1.165) is 16.7 Å². The van der Waals surface area contributed by atoms with Gasteiger partial charge in [0.15, 0.2) is 0 Å². The summed E-state index contributed by atoms with van der Waals surface area (Å²) in [6.07, 6.45) is 0. The topological polar surface area (TPSA) is 55.5 Å². The molecule has 14 heavy (non-hydrogen) atoms. The highest BCUT2D eigenvalue weighted by Crippen LogP contribution is 2.25. The Morgan fingerprint density at radius 3 is 2.29 bits per heavy atom. The number of hydrogen-bond donors (Lipinski definition) is 2. The van der Waals surface area contributed by atoms with Crippen molar-refractivity contribution in [1.82, 2.24) is 0 Å². The number of ether oxygens (including phenoxy) is 1. The molecule has 0 bridgehead atoms. The van der Waals surface area contributed by atoms with Gasteiger partial charge >= 0.3 is 0 Å². The minimum Gasteiger partial charge on any atom is -0.508 e. The maximum Gasteiger partial charge on any atom is 0.116 e. The van der Waals surface area contributed by atoms with Crippen LogP contribution in [0.5, 0.6) is 5.75 Å². The van der Waals surface area contributed by atoms with E-state index >= 15 is 0 Å². The van der Waals surface area contributed by atoms with Gasteiger partial charge in [0.1, 0.15) is 5.75 Å². The van der Waals surface area contributed by atoms with Crippen LogP contribution in [-0.4, -0.2) is 18.8 Å². The summed E-state index contributed by atoms with van der Waals surface area (Å²) in [5, 5.41) is 9.36. The summed E-state index contributed by atoms with van der Waals surface area (Å²) in [5.41, 5.74) is 9.02. The van der Waals surface area contributed by atoms with Gasteiger partial charge in [0.2, 0.25) is 0 Å². The second-order valence-corrected chi connectivity index (χ2v) is 3.56. The molecule has 0 saturated carbocycles. The second-order valence-electron chi connectivity index (χ2n) is 3.56. The molecule has 0 amide bonds. The number of benzene rings is 1. The van der Waals surface area contributed by atoms with Crippen LogP contribution in [0.2, 0.25) is 0 Å². The van der Waals surface area contributed by atoms with Crippen molar-refractivity contribution in [2.45, 2.75) is 19.9 Å². The van der Waals surface area contributed by atoms with Crippen molar-refractivity contribution in [3.05, 3.63) is 28.8 Å². The summed E-state index contributed by atoms with van der Waals surface area (Å²) in [6, 6.07) is 3.32. The molecule has 78 valence electrons. The normalized spacial score (nSPS) is 12.9. The molecular weight excluding hydrogens is 178 g/mol. The predicted octanol–water partition coefficient (Wildman–Crippen LogP) is 1.66. The van der Waals surface area contributed by atoms with Gasteiger partial charge in [-0.1, -0.05) is 0 Å². The molecule has 0 aliphatic rings. The fraction of sp³-hybridized carbons (Fsp3) is 0.455. The summed E-state index contributed by atoms with van der Waals surface area (Å²) in [7, 11) is 1.63. The highest BCUT2D eigenvalue weighted by Gasteiger charge is 2.12. The van der Waals surface area contributed by atoms with Gasteiger partial charge < -0.3 is 15.6 Å². The highest BCUT2D eigenvalue weighted by molar-refractivity contribution is 5.42. The lowest BCUT2D eigenvalue weighted by molar-refractivity contribution is 0.180. The summed E-state index contributed by atoms with van der Waals surface area (Å²) in [5.74, 6) is 0.286. The molecule has 0 aromatic heterocycles. The maximum atomic E-state index is 9.36. The van der Waals surface area contributed by atoms with E-state index in [0.29, 0.717) is 6.61 Å². The Bertz CT molecular complexity index is 300. The van der Waals surface area contributed by atoms with Crippen LogP contribution in [0.15, 0.2) is 12.1 Å². The number of rotatable bonds is 3. The molecule has 1 rings (SSSR count). The Kier molecular flexibility index (Phi) is 3.49. The monoisotopic (exact) mass is 195 g/mol. The van der Waals surface area contributed by atoms with E-state index in [1.165, 1.54) is 0 Å². The lowest BCUT2D eigenvalue weighted by Crippen LogP contribution is -2.18. The van der Waals surface area contributed by atoms with Gasteiger partial charge in [-0.3, -0.25) is 0 Å². The zero-order valence-electron chi connectivity index (χ0n) is 8.87. The van der Waals surface area contributed by atoms with Crippen LogP contribution >= 0.6 is 0 Å². The van der Waals surface area contributed by atoms with E-state index in [1.54, 1.807) is 19.2 Å². The number of phenolic OH excluding ortho intramolecular Hbond substituents is 1. The zero-order chi connectivity index (χ0) is 10.7. The third-order valence-corrected chi connectivity index (χ3v) is 2.30. The molecule has 1 aromatic rings. The molecule has 0 fully saturated rings. The fourth-order valence-corrected chi connectivity index (χ4v) is 1.80. The first-order chi connectivity index (χ1) is 6.56. The molecule has 3 heteroatoms. The van der Waals surface area contributed by atoms with E-state index in [9.17, 15) is 5.11 Å².